The van der Waals surface area contributed by atoms with Crippen LogP contribution in [-0.2, 0) is 14.3 Å². The molecule has 2 rings (SSSR count). The Kier molecular flexibility index (Phi) is 5.27. The molecule has 1 saturated carbocycles. The lowest BCUT2D eigenvalue weighted by Gasteiger charge is -2.46. The van der Waals surface area contributed by atoms with Gasteiger partial charge < -0.3 is 9.22 Å². The first-order valence-electron chi connectivity index (χ1n) is 9.57. The third kappa shape index (κ3) is 3.69. The van der Waals surface area contributed by atoms with Crippen LogP contribution in [-0.4, -0.2) is 50.5 Å². The van der Waals surface area contributed by atoms with Crippen LogP contribution < -0.4 is 0 Å². The summed E-state index contributed by atoms with van der Waals surface area (Å²) in [6, 6.07) is 0. The molecule has 0 radical (unpaired) electrons. The van der Waals surface area contributed by atoms with Crippen molar-refractivity contribution in [3.63, 3.8) is 0 Å². The highest BCUT2D eigenvalue weighted by atomic mass is 16.5. The van der Waals surface area contributed by atoms with E-state index < -0.39 is 5.41 Å². The summed E-state index contributed by atoms with van der Waals surface area (Å²) in [5.41, 5.74) is 1.37. The molecule has 0 aliphatic heterocycles. The summed E-state index contributed by atoms with van der Waals surface area (Å²) >= 11 is 0. The third-order valence-corrected chi connectivity index (χ3v) is 6.33. The van der Waals surface area contributed by atoms with Gasteiger partial charge in [0, 0.05) is 6.42 Å². The van der Waals surface area contributed by atoms with Crippen molar-refractivity contribution in [3.8, 4) is 0 Å². The zero-order valence-electron chi connectivity index (χ0n) is 17.4. The molecule has 0 bridgehead atoms. The van der Waals surface area contributed by atoms with E-state index in [4.69, 9.17) is 4.74 Å². The van der Waals surface area contributed by atoms with Crippen molar-refractivity contribution in [2.45, 2.75) is 53.9 Å². The Hall–Kier alpha value is -1.16. The number of hydrogen-bond acceptors (Lipinski definition) is 3. The van der Waals surface area contributed by atoms with Crippen LogP contribution in [0.3, 0.4) is 0 Å². The van der Waals surface area contributed by atoms with Crippen LogP contribution in [0.15, 0.2) is 11.1 Å². The summed E-state index contributed by atoms with van der Waals surface area (Å²) < 4.78 is 6.47. The summed E-state index contributed by atoms with van der Waals surface area (Å²) in [4.78, 5) is 26.0. The van der Waals surface area contributed by atoms with Crippen molar-refractivity contribution in [2.24, 2.45) is 22.7 Å². The van der Waals surface area contributed by atoms with Crippen molar-refractivity contribution in [2.75, 3.05) is 34.3 Å². The second-order valence-electron chi connectivity index (χ2n) is 10.0. The van der Waals surface area contributed by atoms with Gasteiger partial charge in [0.15, 0.2) is 5.78 Å². The predicted octanol–water partition coefficient (Wildman–Crippen LogP) is 3.60. The van der Waals surface area contributed by atoms with Crippen LogP contribution in [0.2, 0.25) is 0 Å². The predicted molar refractivity (Wildman–Crippen MR) is 100.0 cm³/mol. The van der Waals surface area contributed by atoms with Crippen LogP contribution in [0, 0.1) is 22.7 Å². The summed E-state index contributed by atoms with van der Waals surface area (Å²) in [5.74, 6) is 0.344. The van der Waals surface area contributed by atoms with Crippen LogP contribution in [0.5, 0.6) is 0 Å². The lowest BCUT2D eigenvalue weighted by atomic mass is 9.57. The number of carbonyl (C=O) groups is 2. The summed E-state index contributed by atoms with van der Waals surface area (Å²) in [5, 5.41) is 0. The molecule has 4 nitrogen and oxygen atoms in total. The molecular weight excluding hydrogens is 314 g/mol. The highest BCUT2D eigenvalue weighted by Gasteiger charge is 2.58. The van der Waals surface area contributed by atoms with E-state index in [0.29, 0.717) is 13.0 Å². The van der Waals surface area contributed by atoms with Crippen LogP contribution in [0.25, 0.3) is 0 Å². The SMILES string of the molecule is CC(C)C1=C2C(C)C(C)(C)CC[C@@]2(C(=O)OCC[N+](C)(C)C)CC1=O. The number of esters is 1. The molecule has 4 heteroatoms. The van der Waals surface area contributed by atoms with Gasteiger partial charge in [0.1, 0.15) is 13.2 Å². The van der Waals surface area contributed by atoms with Gasteiger partial charge in [-0.2, -0.15) is 0 Å². The molecule has 1 unspecified atom stereocenters. The Morgan fingerprint density at radius 1 is 1.24 bits per heavy atom. The molecule has 0 aromatic carbocycles. The average molecular weight is 351 g/mol. The number of carbonyl (C=O) groups excluding carboxylic acids is 2. The zero-order valence-corrected chi connectivity index (χ0v) is 17.4. The van der Waals surface area contributed by atoms with Gasteiger partial charge in [-0.15, -0.1) is 0 Å². The normalized spacial score (nSPS) is 29.2. The minimum absolute atomic E-state index is 0.103. The average Bonchev–Trinajstić information content (AvgIpc) is 2.76. The van der Waals surface area contributed by atoms with Crippen molar-refractivity contribution in [1.82, 2.24) is 0 Å². The standard InChI is InChI=1S/C21H36NO3/c1-14(2)17-16(23)13-21(19(24)25-12-11-22(6,7)8)10-9-20(4,5)15(3)18(17)21/h14-15H,9-13H2,1-8H3/q+1/t15?,21-/m1/s1. The van der Waals surface area contributed by atoms with Gasteiger partial charge in [0.05, 0.1) is 26.6 Å². The van der Waals surface area contributed by atoms with Gasteiger partial charge in [-0.3, -0.25) is 9.59 Å². The molecule has 0 heterocycles. The van der Waals surface area contributed by atoms with Crippen LogP contribution in [0.1, 0.15) is 53.9 Å². The van der Waals surface area contributed by atoms with Crippen LogP contribution >= 0.6 is 0 Å². The molecule has 1 fully saturated rings. The summed E-state index contributed by atoms with van der Waals surface area (Å²) in [7, 11) is 6.25. The highest BCUT2D eigenvalue weighted by molar-refractivity contribution is 6.05. The Balaban J connectivity index is 2.37. The van der Waals surface area contributed by atoms with Crippen molar-refractivity contribution >= 4 is 11.8 Å². The third-order valence-electron chi connectivity index (χ3n) is 6.33. The summed E-state index contributed by atoms with van der Waals surface area (Å²) in [6.45, 7) is 12.0. The number of quaternary nitrogens is 1. The Morgan fingerprint density at radius 2 is 1.84 bits per heavy atom. The maximum atomic E-state index is 13.1. The number of Topliss-reactive ketones (excluding diaryl/α,β-unsaturated/α-hetero) is 1. The van der Waals surface area contributed by atoms with E-state index in [2.05, 4.69) is 55.8 Å². The lowest BCUT2D eigenvalue weighted by Crippen LogP contribution is -2.45. The van der Waals surface area contributed by atoms with Gasteiger partial charge in [-0.05, 0) is 41.2 Å². The van der Waals surface area contributed by atoms with E-state index >= 15 is 0 Å². The first kappa shape index (κ1) is 20.2. The van der Waals surface area contributed by atoms with Crippen LogP contribution in [0.4, 0.5) is 0 Å². The minimum atomic E-state index is -0.712. The smallest absolute Gasteiger partial charge is 0.316 e. The number of allylic oxidation sites excluding steroid dienone is 1. The number of ketones is 1. The van der Waals surface area contributed by atoms with Gasteiger partial charge in [0.2, 0.25) is 0 Å². The number of hydrogen-bond donors (Lipinski definition) is 0. The van der Waals surface area contributed by atoms with Gasteiger partial charge in [-0.25, -0.2) is 0 Å². The molecule has 2 aliphatic rings. The monoisotopic (exact) mass is 350 g/mol. The number of fused-ring (bicyclic) bond motifs is 1. The molecule has 0 aromatic heterocycles. The maximum Gasteiger partial charge on any atom is 0.316 e. The highest BCUT2D eigenvalue weighted by Crippen LogP contribution is 2.59. The Morgan fingerprint density at radius 3 is 2.36 bits per heavy atom. The number of likely N-dealkylation sites (N-methyl/N-ethyl adjacent to an activating group) is 1. The van der Waals surface area contributed by atoms with Crippen molar-refractivity contribution in [3.05, 3.63) is 11.1 Å². The Bertz CT molecular complexity index is 595. The van der Waals surface area contributed by atoms with Crippen molar-refractivity contribution in [1.29, 1.82) is 0 Å². The molecule has 2 aliphatic carbocycles. The number of rotatable bonds is 5. The van der Waals surface area contributed by atoms with E-state index in [9.17, 15) is 9.59 Å². The molecule has 0 saturated heterocycles. The topological polar surface area (TPSA) is 43.4 Å². The second-order valence-corrected chi connectivity index (χ2v) is 10.0. The molecule has 0 spiro atoms. The van der Waals surface area contributed by atoms with Crippen molar-refractivity contribution < 1.29 is 18.8 Å². The Labute approximate surface area is 153 Å². The van der Waals surface area contributed by atoms with Gasteiger partial charge >= 0.3 is 5.97 Å². The van der Waals surface area contributed by atoms with E-state index in [-0.39, 0.29) is 29.0 Å². The quantitative estimate of drug-likeness (QED) is 0.562. The molecule has 0 N–H and O–H groups in total. The van der Waals surface area contributed by atoms with Gasteiger partial charge in [-0.1, -0.05) is 34.6 Å². The zero-order chi connectivity index (χ0) is 19.2. The van der Waals surface area contributed by atoms with E-state index in [1.165, 1.54) is 0 Å². The number of ether oxygens (including phenoxy) is 1. The second kappa shape index (κ2) is 6.53. The van der Waals surface area contributed by atoms with E-state index in [1.54, 1.807) is 0 Å². The molecule has 2 atom stereocenters. The fraction of sp³-hybridized carbons (Fsp3) is 0.810. The molecule has 0 amide bonds. The van der Waals surface area contributed by atoms with E-state index in [0.717, 1.165) is 35.0 Å². The number of nitrogens with zero attached hydrogens (tertiary/aromatic N) is 1. The fourth-order valence-corrected chi connectivity index (χ4v) is 4.35. The molecular formula is C21H36NO3+. The minimum Gasteiger partial charge on any atom is -0.459 e. The maximum absolute atomic E-state index is 13.1. The molecule has 142 valence electrons. The first-order chi connectivity index (χ1) is 11.3. The summed E-state index contributed by atoms with van der Waals surface area (Å²) in [6.07, 6.45) is 1.98. The fourth-order valence-electron chi connectivity index (χ4n) is 4.35. The first-order valence-corrected chi connectivity index (χ1v) is 9.57. The lowest BCUT2D eigenvalue weighted by molar-refractivity contribution is -0.870. The largest absolute Gasteiger partial charge is 0.459 e. The van der Waals surface area contributed by atoms with Gasteiger partial charge in [0.25, 0.3) is 0 Å². The van der Waals surface area contributed by atoms with E-state index in [1.807, 2.05) is 0 Å². The molecule has 25 heavy (non-hydrogen) atoms. The molecule has 0 aromatic rings.